The molecule has 1 aliphatic heterocycles. The number of hydrogen-bond acceptors (Lipinski definition) is 7. The van der Waals surface area contributed by atoms with Crippen molar-refractivity contribution in [2.24, 2.45) is 5.92 Å². The molecule has 0 bridgehead atoms. The van der Waals surface area contributed by atoms with Gasteiger partial charge in [-0.1, -0.05) is 102 Å². The van der Waals surface area contributed by atoms with Gasteiger partial charge in [-0.3, -0.25) is 0 Å². The van der Waals surface area contributed by atoms with Gasteiger partial charge in [0.25, 0.3) is 0 Å². The molecule has 9 nitrogen and oxygen atoms in total. The van der Waals surface area contributed by atoms with E-state index >= 15 is 0 Å². The van der Waals surface area contributed by atoms with Gasteiger partial charge in [0.1, 0.15) is 21.5 Å². The Labute approximate surface area is 339 Å². The maximum atomic E-state index is 12.3. The zero-order chi connectivity index (χ0) is 41.9. The molecular formula is C46H57N3O6S2. The van der Waals surface area contributed by atoms with E-state index in [-0.39, 0.29) is 4.90 Å². The third kappa shape index (κ3) is 11.9. The first-order valence-corrected chi connectivity index (χ1v) is 22.9. The first kappa shape index (κ1) is 44.9. The topological polar surface area (TPSA) is 143 Å². The summed E-state index contributed by atoms with van der Waals surface area (Å²) in [5.74, 6) is 1.05. The monoisotopic (exact) mass is 811 g/mol. The first-order valence-electron chi connectivity index (χ1n) is 19.6. The first-order chi connectivity index (χ1) is 27.1. The average Bonchev–Trinajstić information content (AvgIpc) is 3.17. The Hall–Kier alpha value is -4.81. The van der Waals surface area contributed by atoms with Crippen molar-refractivity contribution in [3.8, 4) is 22.5 Å². The SMILES string of the molecule is CC.CCCCC(CC)CNS(C)(=O)=O.Cc1cccc(C)c1Nc1ccc2c(-c3ccccc3S(=O)(=O)[O-])c3ccc(=[NH+]c4c(C)cccc4C)cc-3oc2c1. The van der Waals surface area contributed by atoms with E-state index in [1.807, 2.05) is 62.4 Å². The van der Waals surface area contributed by atoms with Gasteiger partial charge < -0.3 is 14.3 Å². The molecule has 0 radical (unpaired) electrons. The summed E-state index contributed by atoms with van der Waals surface area (Å²) in [5, 5.41) is 5.03. The van der Waals surface area contributed by atoms with Crippen LogP contribution in [-0.4, -0.2) is 34.2 Å². The maximum Gasteiger partial charge on any atom is 0.209 e. The zero-order valence-corrected chi connectivity index (χ0v) is 36.2. The van der Waals surface area contributed by atoms with Gasteiger partial charge in [-0.25, -0.2) is 26.6 Å². The molecule has 0 saturated carbocycles. The molecule has 4 aromatic carbocycles. The predicted octanol–water partition coefficient (Wildman–Crippen LogP) is 9.18. The van der Waals surface area contributed by atoms with Crippen molar-refractivity contribution in [1.29, 1.82) is 0 Å². The molecule has 0 saturated heterocycles. The van der Waals surface area contributed by atoms with Crippen LogP contribution in [0.3, 0.4) is 0 Å². The molecule has 1 heterocycles. The normalized spacial score (nSPS) is 12.4. The standard InChI is InChI=1S/C35H30N2O4S.C9H21NO2S.C2H6/c1-21-9-7-10-22(2)34(21)36-25-15-17-27-30(19-25)41-31-20-26(37-35-23(3)11-8-12-24(35)4)16-18-28(31)33(27)29-13-5-6-14-32(29)42(38,39)40;1-4-6-7-9(5-2)8-10-13(3,11)12;1-2/h5-20,36H,1-4H3,(H,38,39,40);9-10H,4-8H2,1-3H3;1-2H3. The number of sulfonamides is 1. The van der Waals surface area contributed by atoms with Crippen LogP contribution in [-0.2, 0) is 20.1 Å². The number of anilines is 2. The minimum atomic E-state index is -4.74. The quantitative estimate of drug-likeness (QED) is 0.0827. The fourth-order valence-corrected chi connectivity index (χ4v) is 7.97. The molecule has 0 amide bonds. The number of rotatable bonds is 12. The molecule has 304 valence electrons. The van der Waals surface area contributed by atoms with E-state index < -0.39 is 20.1 Å². The van der Waals surface area contributed by atoms with Crippen LogP contribution in [0.5, 0.6) is 0 Å². The summed E-state index contributed by atoms with van der Waals surface area (Å²) in [6.07, 6.45) is 5.73. The highest BCUT2D eigenvalue weighted by molar-refractivity contribution is 7.88. The third-order valence-electron chi connectivity index (χ3n) is 9.83. The summed E-state index contributed by atoms with van der Waals surface area (Å²) >= 11 is 0. The van der Waals surface area contributed by atoms with Crippen LogP contribution >= 0.6 is 0 Å². The molecule has 11 heteroatoms. The van der Waals surface area contributed by atoms with E-state index in [2.05, 4.69) is 80.8 Å². The van der Waals surface area contributed by atoms with Crippen LogP contribution < -0.4 is 20.4 Å². The Morgan fingerprint density at radius 2 is 1.39 bits per heavy atom. The van der Waals surface area contributed by atoms with Crippen molar-refractivity contribution >= 4 is 48.2 Å². The number of hydrogen-bond donors (Lipinski definition) is 3. The molecule has 4 aromatic rings. The van der Waals surface area contributed by atoms with Gasteiger partial charge in [0, 0.05) is 63.3 Å². The molecular weight excluding hydrogens is 755 g/mol. The van der Waals surface area contributed by atoms with Crippen molar-refractivity contribution in [2.75, 3.05) is 18.1 Å². The molecule has 1 unspecified atom stereocenters. The lowest BCUT2D eigenvalue weighted by atomic mass is 9.93. The Kier molecular flexibility index (Phi) is 15.8. The molecule has 0 aromatic heterocycles. The number of unbranched alkanes of at least 4 members (excludes halogenated alkanes) is 1. The molecule has 1 aliphatic carbocycles. The van der Waals surface area contributed by atoms with E-state index in [1.54, 1.807) is 18.2 Å². The Bertz CT molecular complexity index is 2520. The summed E-state index contributed by atoms with van der Waals surface area (Å²) in [4.78, 5) is 3.24. The van der Waals surface area contributed by atoms with Crippen molar-refractivity contribution in [3.05, 3.63) is 125 Å². The highest BCUT2D eigenvalue weighted by atomic mass is 32.2. The minimum Gasteiger partial charge on any atom is -0.744 e. The molecule has 0 fully saturated rings. The Morgan fingerprint density at radius 3 is 1.98 bits per heavy atom. The Morgan fingerprint density at radius 1 is 0.754 bits per heavy atom. The van der Waals surface area contributed by atoms with Crippen molar-refractivity contribution in [3.63, 3.8) is 0 Å². The van der Waals surface area contributed by atoms with Gasteiger partial charge in [0.2, 0.25) is 21.1 Å². The summed E-state index contributed by atoms with van der Waals surface area (Å²) in [6, 6.07) is 30.1. The molecule has 0 spiro atoms. The average molecular weight is 812 g/mol. The second-order valence-electron chi connectivity index (χ2n) is 14.2. The molecule has 1 atom stereocenters. The lowest BCUT2D eigenvalue weighted by Gasteiger charge is -2.19. The number of fused-ring (bicyclic) bond motifs is 2. The van der Waals surface area contributed by atoms with E-state index in [0.29, 0.717) is 45.9 Å². The van der Waals surface area contributed by atoms with Crippen molar-refractivity contribution < 1.29 is 30.8 Å². The fraction of sp³-hybridized carbons (Fsp3) is 0.326. The van der Waals surface area contributed by atoms with E-state index in [4.69, 9.17) is 4.42 Å². The third-order valence-corrected chi connectivity index (χ3v) is 11.4. The summed E-state index contributed by atoms with van der Waals surface area (Å²) in [5.41, 5.74) is 9.52. The summed E-state index contributed by atoms with van der Waals surface area (Å²) in [7, 11) is -7.75. The number of nitrogens with one attached hydrogen (secondary N) is 3. The molecule has 6 rings (SSSR count). The van der Waals surface area contributed by atoms with E-state index in [9.17, 15) is 21.4 Å². The predicted molar refractivity (Wildman–Crippen MR) is 233 cm³/mol. The second kappa shape index (κ2) is 20.1. The van der Waals surface area contributed by atoms with E-state index in [1.165, 1.54) is 25.2 Å². The Balaban J connectivity index is 0.000000411. The van der Waals surface area contributed by atoms with Crippen LogP contribution in [0.25, 0.3) is 33.4 Å². The van der Waals surface area contributed by atoms with Crippen LogP contribution in [0.4, 0.5) is 17.1 Å². The largest absolute Gasteiger partial charge is 0.744 e. The zero-order valence-electron chi connectivity index (χ0n) is 34.6. The van der Waals surface area contributed by atoms with Crippen LogP contribution in [0.15, 0.2) is 106 Å². The highest BCUT2D eigenvalue weighted by Gasteiger charge is 2.22. The van der Waals surface area contributed by atoms with Crippen LogP contribution in [0, 0.1) is 33.6 Å². The molecule has 2 aliphatic rings. The van der Waals surface area contributed by atoms with Crippen LogP contribution in [0.2, 0.25) is 0 Å². The second-order valence-corrected chi connectivity index (χ2v) is 17.4. The fourth-order valence-electron chi connectivity index (χ4n) is 6.75. The van der Waals surface area contributed by atoms with Gasteiger partial charge in [0.05, 0.1) is 17.2 Å². The van der Waals surface area contributed by atoms with Gasteiger partial charge in [-0.05, 0) is 75.4 Å². The smallest absolute Gasteiger partial charge is 0.209 e. The van der Waals surface area contributed by atoms with Gasteiger partial charge in [-0.15, -0.1) is 0 Å². The lowest BCUT2D eigenvalue weighted by Crippen LogP contribution is -2.71. The van der Waals surface area contributed by atoms with Gasteiger partial charge in [0.15, 0.2) is 0 Å². The number of aryl methyl sites for hydroxylation is 4. The van der Waals surface area contributed by atoms with Crippen molar-refractivity contribution in [1.82, 2.24) is 4.72 Å². The summed E-state index contributed by atoms with van der Waals surface area (Å²) < 4.78 is 67.7. The van der Waals surface area contributed by atoms with Crippen molar-refractivity contribution in [2.45, 2.75) is 86.0 Å². The van der Waals surface area contributed by atoms with Gasteiger partial charge >= 0.3 is 0 Å². The molecule has 57 heavy (non-hydrogen) atoms. The molecule has 3 N–H and O–H groups in total. The van der Waals surface area contributed by atoms with E-state index in [0.717, 1.165) is 57.5 Å². The summed E-state index contributed by atoms with van der Waals surface area (Å²) in [6.45, 7) is 17.1. The lowest BCUT2D eigenvalue weighted by molar-refractivity contribution is -0.403. The number of para-hydroxylation sites is 2. The highest BCUT2D eigenvalue weighted by Crippen LogP contribution is 2.43. The number of benzene rings is 5. The minimum absolute atomic E-state index is 0.269. The van der Waals surface area contributed by atoms with Crippen LogP contribution in [0.1, 0.15) is 75.6 Å². The maximum absolute atomic E-state index is 12.3. The van der Waals surface area contributed by atoms with Gasteiger partial charge in [-0.2, -0.15) is 0 Å².